The van der Waals surface area contributed by atoms with Gasteiger partial charge in [0.2, 0.25) is 5.91 Å². The van der Waals surface area contributed by atoms with E-state index in [1.165, 1.54) is 7.11 Å². The standard InChI is InChI=1S/C19H21N3O5/c1-12-9-15(13(2)27-12)19(24)22-21-18(23)5-4-8-26-16-7-6-14(11-20)10-17(16)25-3/h6-7,9-10H,4-5,8H2,1-3H3,(H,21,23)(H,22,24). The lowest BCUT2D eigenvalue weighted by Gasteiger charge is -2.11. The Balaban J connectivity index is 1.73. The molecule has 1 aromatic heterocycles. The number of methoxy groups -OCH3 is 1. The summed E-state index contributed by atoms with van der Waals surface area (Å²) in [6.45, 7) is 3.70. The molecule has 0 atom stereocenters. The fourth-order valence-corrected chi connectivity index (χ4v) is 2.38. The van der Waals surface area contributed by atoms with Crippen molar-refractivity contribution in [2.45, 2.75) is 26.7 Å². The van der Waals surface area contributed by atoms with E-state index in [0.717, 1.165) is 0 Å². The van der Waals surface area contributed by atoms with Crippen LogP contribution in [0.3, 0.4) is 0 Å². The first-order valence-corrected chi connectivity index (χ1v) is 8.31. The quantitative estimate of drug-likeness (QED) is 0.571. The molecule has 0 unspecified atom stereocenters. The van der Waals surface area contributed by atoms with Crippen LogP contribution in [0.15, 0.2) is 28.7 Å². The zero-order valence-electron chi connectivity index (χ0n) is 15.4. The molecule has 0 aliphatic carbocycles. The summed E-state index contributed by atoms with van der Waals surface area (Å²) in [5, 5.41) is 8.88. The van der Waals surface area contributed by atoms with E-state index >= 15 is 0 Å². The molecular formula is C19H21N3O5. The number of nitriles is 1. The summed E-state index contributed by atoms with van der Waals surface area (Å²) in [5.74, 6) is 1.30. The molecule has 2 N–H and O–H groups in total. The van der Waals surface area contributed by atoms with Gasteiger partial charge >= 0.3 is 0 Å². The van der Waals surface area contributed by atoms with Crippen LogP contribution in [0.1, 0.15) is 40.3 Å². The van der Waals surface area contributed by atoms with E-state index in [2.05, 4.69) is 10.9 Å². The van der Waals surface area contributed by atoms with Gasteiger partial charge in [0.1, 0.15) is 11.5 Å². The van der Waals surface area contributed by atoms with Crippen molar-refractivity contribution >= 4 is 11.8 Å². The van der Waals surface area contributed by atoms with E-state index in [-0.39, 0.29) is 18.9 Å². The second-order valence-corrected chi connectivity index (χ2v) is 5.76. The third-order valence-electron chi connectivity index (χ3n) is 3.70. The predicted molar refractivity (Wildman–Crippen MR) is 96.2 cm³/mol. The normalized spacial score (nSPS) is 10.0. The molecule has 2 amide bonds. The second kappa shape index (κ2) is 9.29. The summed E-state index contributed by atoms with van der Waals surface area (Å²) in [6.07, 6.45) is 0.608. The van der Waals surface area contributed by atoms with Crippen molar-refractivity contribution in [1.82, 2.24) is 10.9 Å². The fraction of sp³-hybridized carbons (Fsp3) is 0.316. The Morgan fingerprint density at radius 3 is 2.59 bits per heavy atom. The van der Waals surface area contributed by atoms with E-state index in [0.29, 0.717) is 40.6 Å². The van der Waals surface area contributed by atoms with Crippen LogP contribution >= 0.6 is 0 Å². The number of hydrogen-bond donors (Lipinski definition) is 2. The smallest absolute Gasteiger partial charge is 0.273 e. The number of aryl methyl sites for hydroxylation is 2. The average molecular weight is 371 g/mol. The number of carbonyl (C=O) groups is 2. The molecule has 0 spiro atoms. The number of hydrazine groups is 1. The van der Waals surface area contributed by atoms with Gasteiger partial charge in [0.25, 0.3) is 5.91 Å². The van der Waals surface area contributed by atoms with Gasteiger partial charge in [-0.1, -0.05) is 0 Å². The Morgan fingerprint density at radius 1 is 1.19 bits per heavy atom. The van der Waals surface area contributed by atoms with Crippen molar-refractivity contribution < 1.29 is 23.5 Å². The van der Waals surface area contributed by atoms with Crippen molar-refractivity contribution in [2.24, 2.45) is 0 Å². The summed E-state index contributed by atoms with van der Waals surface area (Å²) in [6, 6.07) is 8.48. The molecule has 0 fully saturated rings. The minimum atomic E-state index is -0.434. The maximum absolute atomic E-state index is 12.0. The van der Waals surface area contributed by atoms with Crippen LogP contribution in [0.4, 0.5) is 0 Å². The molecule has 1 heterocycles. The van der Waals surface area contributed by atoms with E-state index < -0.39 is 5.91 Å². The monoisotopic (exact) mass is 371 g/mol. The Morgan fingerprint density at radius 2 is 1.96 bits per heavy atom. The van der Waals surface area contributed by atoms with Gasteiger partial charge in [-0.05, 0) is 38.5 Å². The van der Waals surface area contributed by atoms with E-state index in [1.54, 1.807) is 38.1 Å². The average Bonchev–Trinajstić information content (AvgIpc) is 3.01. The van der Waals surface area contributed by atoms with E-state index in [4.69, 9.17) is 19.2 Å². The van der Waals surface area contributed by atoms with Gasteiger partial charge in [0, 0.05) is 12.5 Å². The van der Waals surface area contributed by atoms with Gasteiger partial charge in [0.15, 0.2) is 11.5 Å². The summed E-state index contributed by atoms with van der Waals surface area (Å²) >= 11 is 0. The summed E-state index contributed by atoms with van der Waals surface area (Å²) in [7, 11) is 1.49. The molecule has 0 radical (unpaired) electrons. The van der Waals surface area contributed by atoms with Crippen LogP contribution in [0.5, 0.6) is 11.5 Å². The highest BCUT2D eigenvalue weighted by Gasteiger charge is 2.14. The first-order valence-electron chi connectivity index (χ1n) is 8.31. The van der Waals surface area contributed by atoms with Gasteiger partial charge in [-0.3, -0.25) is 20.4 Å². The molecule has 27 heavy (non-hydrogen) atoms. The number of rotatable bonds is 7. The molecule has 1 aromatic carbocycles. The Bertz CT molecular complexity index is 867. The summed E-state index contributed by atoms with van der Waals surface area (Å²) in [5.41, 5.74) is 5.56. The molecule has 8 heteroatoms. The SMILES string of the molecule is COc1cc(C#N)ccc1OCCCC(=O)NNC(=O)c1cc(C)oc1C. The lowest BCUT2D eigenvalue weighted by atomic mass is 10.2. The third-order valence-corrected chi connectivity index (χ3v) is 3.70. The maximum atomic E-state index is 12.0. The number of furan rings is 1. The zero-order chi connectivity index (χ0) is 19.8. The minimum absolute atomic E-state index is 0.169. The molecule has 8 nitrogen and oxygen atoms in total. The van der Waals surface area contributed by atoms with Crippen molar-refractivity contribution in [3.05, 3.63) is 46.9 Å². The van der Waals surface area contributed by atoms with Crippen molar-refractivity contribution in [3.63, 3.8) is 0 Å². The van der Waals surface area contributed by atoms with E-state index in [9.17, 15) is 9.59 Å². The third kappa shape index (κ3) is 5.51. The number of amides is 2. The van der Waals surface area contributed by atoms with Crippen LogP contribution in [0.2, 0.25) is 0 Å². The summed E-state index contributed by atoms with van der Waals surface area (Å²) < 4.78 is 16.0. The Hall–Kier alpha value is -3.47. The van der Waals surface area contributed by atoms with Crippen LogP contribution in [-0.2, 0) is 4.79 Å². The van der Waals surface area contributed by atoms with Gasteiger partial charge < -0.3 is 13.9 Å². The van der Waals surface area contributed by atoms with Crippen LogP contribution in [0, 0.1) is 25.2 Å². The van der Waals surface area contributed by atoms with Crippen LogP contribution in [0.25, 0.3) is 0 Å². The first kappa shape index (κ1) is 19.8. The molecule has 0 aliphatic rings. The topological polar surface area (TPSA) is 114 Å². The molecule has 0 aliphatic heterocycles. The molecule has 0 bridgehead atoms. The fourth-order valence-electron chi connectivity index (χ4n) is 2.38. The summed E-state index contributed by atoms with van der Waals surface area (Å²) in [4.78, 5) is 23.8. The van der Waals surface area contributed by atoms with Gasteiger partial charge in [-0.2, -0.15) is 5.26 Å². The highest BCUT2D eigenvalue weighted by molar-refractivity contribution is 5.96. The number of nitrogens with zero attached hydrogens (tertiary/aromatic N) is 1. The van der Waals surface area contributed by atoms with Crippen LogP contribution in [-0.4, -0.2) is 25.5 Å². The highest BCUT2D eigenvalue weighted by Crippen LogP contribution is 2.27. The van der Waals surface area contributed by atoms with Crippen molar-refractivity contribution in [3.8, 4) is 17.6 Å². The Kier molecular flexibility index (Phi) is 6.83. The number of carbonyl (C=O) groups excluding carboxylic acids is 2. The zero-order valence-corrected chi connectivity index (χ0v) is 15.4. The lowest BCUT2D eigenvalue weighted by molar-refractivity contribution is -0.122. The molecule has 0 saturated carbocycles. The first-order chi connectivity index (χ1) is 12.9. The second-order valence-electron chi connectivity index (χ2n) is 5.76. The Labute approximate surface area is 157 Å². The number of nitrogens with one attached hydrogen (secondary N) is 2. The van der Waals surface area contributed by atoms with Crippen molar-refractivity contribution in [2.75, 3.05) is 13.7 Å². The molecule has 2 rings (SSSR count). The van der Waals surface area contributed by atoms with Gasteiger partial charge in [-0.25, -0.2) is 0 Å². The van der Waals surface area contributed by atoms with Crippen LogP contribution < -0.4 is 20.3 Å². The molecule has 142 valence electrons. The molecular weight excluding hydrogens is 350 g/mol. The van der Waals surface area contributed by atoms with Crippen molar-refractivity contribution in [1.29, 1.82) is 5.26 Å². The molecule has 0 saturated heterocycles. The predicted octanol–water partition coefficient (Wildman–Crippen LogP) is 2.40. The minimum Gasteiger partial charge on any atom is -0.493 e. The van der Waals surface area contributed by atoms with E-state index in [1.807, 2.05) is 6.07 Å². The number of ether oxygens (including phenoxy) is 2. The largest absolute Gasteiger partial charge is 0.493 e. The highest BCUT2D eigenvalue weighted by atomic mass is 16.5. The maximum Gasteiger partial charge on any atom is 0.273 e. The lowest BCUT2D eigenvalue weighted by Crippen LogP contribution is -2.41. The van der Waals surface area contributed by atoms with Gasteiger partial charge in [-0.15, -0.1) is 0 Å². The van der Waals surface area contributed by atoms with Gasteiger partial charge in [0.05, 0.1) is 30.9 Å². The number of hydrogen-bond acceptors (Lipinski definition) is 6. The number of benzene rings is 1. The molecule has 2 aromatic rings.